The summed E-state index contributed by atoms with van der Waals surface area (Å²) in [6, 6.07) is 1.36. The van der Waals surface area contributed by atoms with Gasteiger partial charge in [-0.3, -0.25) is 0 Å². The third-order valence-corrected chi connectivity index (χ3v) is 10.2. The molecule has 0 saturated carbocycles. The highest BCUT2D eigenvalue weighted by atomic mass is 28.4. The molecule has 0 aliphatic rings. The SMILES string of the molecule is CCCCCCCCCCCCCCCCCCO[Si](C)(C)CCCCCCCCCCCC. The molecule has 1 nitrogen and oxygen atoms in total. The first-order chi connectivity index (χ1) is 16.6. The second-order valence-corrected chi connectivity index (χ2v) is 16.2. The average Bonchev–Trinajstić information content (AvgIpc) is 2.82. The van der Waals surface area contributed by atoms with Crippen LogP contribution in [0.4, 0.5) is 0 Å². The fourth-order valence-electron chi connectivity index (χ4n) is 5.11. The lowest BCUT2D eigenvalue weighted by molar-refractivity contribution is 0.292. The van der Waals surface area contributed by atoms with Crippen LogP contribution >= 0.6 is 0 Å². The second-order valence-electron chi connectivity index (χ2n) is 11.8. The lowest BCUT2D eigenvalue weighted by Gasteiger charge is -2.23. The maximum absolute atomic E-state index is 6.37. The molecule has 0 rings (SSSR count). The number of unbranched alkanes of at least 4 members (excludes halogenated alkanes) is 24. The first-order valence-corrected chi connectivity index (χ1v) is 19.4. The van der Waals surface area contributed by atoms with Crippen LogP contribution in [-0.2, 0) is 4.43 Å². The van der Waals surface area contributed by atoms with E-state index in [1.807, 2.05) is 0 Å². The van der Waals surface area contributed by atoms with Crippen LogP contribution in [0.15, 0.2) is 0 Å². The molecule has 0 atom stereocenters. The molecule has 0 bridgehead atoms. The molecule has 2 heteroatoms. The normalized spacial score (nSPS) is 12.0. The van der Waals surface area contributed by atoms with Gasteiger partial charge >= 0.3 is 0 Å². The van der Waals surface area contributed by atoms with Gasteiger partial charge in [0.05, 0.1) is 0 Å². The van der Waals surface area contributed by atoms with E-state index in [1.54, 1.807) is 0 Å². The van der Waals surface area contributed by atoms with Gasteiger partial charge in [-0.1, -0.05) is 174 Å². The van der Waals surface area contributed by atoms with Gasteiger partial charge < -0.3 is 4.43 Å². The molecule has 34 heavy (non-hydrogen) atoms. The van der Waals surface area contributed by atoms with Crippen molar-refractivity contribution in [2.75, 3.05) is 6.61 Å². The van der Waals surface area contributed by atoms with E-state index >= 15 is 0 Å². The van der Waals surface area contributed by atoms with E-state index in [0.717, 1.165) is 6.61 Å². The van der Waals surface area contributed by atoms with E-state index in [2.05, 4.69) is 26.9 Å². The summed E-state index contributed by atoms with van der Waals surface area (Å²) in [6.45, 7) is 10.5. The number of hydrogen-bond donors (Lipinski definition) is 0. The van der Waals surface area contributed by atoms with Crippen molar-refractivity contribution in [3.05, 3.63) is 0 Å². The minimum absolute atomic E-state index is 1.02. The Morgan fingerprint density at radius 2 is 0.618 bits per heavy atom. The molecule has 0 saturated heterocycles. The highest BCUT2D eigenvalue weighted by Gasteiger charge is 2.21. The van der Waals surface area contributed by atoms with Crippen molar-refractivity contribution in [3.8, 4) is 0 Å². The Kier molecular flexibility index (Phi) is 27.9. The number of hydrogen-bond acceptors (Lipinski definition) is 1. The van der Waals surface area contributed by atoms with E-state index in [-0.39, 0.29) is 0 Å². The van der Waals surface area contributed by atoms with Crippen LogP contribution in [0.2, 0.25) is 19.1 Å². The van der Waals surface area contributed by atoms with Gasteiger partial charge in [-0.2, -0.15) is 0 Å². The van der Waals surface area contributed by atoms with Gasteiger partial charge in [0.2, 0.25) is 0 Å². The molecule has 0 N–H and O–H groups in total. The Balaban J connectivity index is 3.26. The maximum Gasteiger partial charge on any atom is 0.186 e. The van der Waals surface area contributed by atoms with Gasteiger partial charge in [0.15, 0.2) is 8.32 Å². The quantitative estimate of drug-likeness (QED) is 0.0738. The molecule has 0 amide bonds. The molecule has 0 radical (unpaired) electrons. The third kappa shape index (κ3) is 28.4. The molecule has 0 aromatic carbocycles. The monoisotopic (exact) mass is 497 g/mol. The number of rotatable bonds is 29. The molecule has 0 heterocycles. The average molecular weight is 497 g/mol. The molecule has 0 aromatic heterocycles. The maximum atomic E-state index is 6.37. The zero-order valence-corrected chi connectivity index (χ0v) is 25.7. The summed E-state index contributed by atoms with van der Waals surface area (Å²) in [5, 5.41) is 0. The Bertz CT molecular complexity index is 368. The molecule has 206 valence electrons. The Hall–Kier alpha value is 0.177. The zero-order valence-electron chi connectivity index (χ0n) is 24.7. The highest BCUT2D eigenvalue weighted by molar-refractivity contribution is 6.71. The Morgan fingerprint density at radius 3 is 0.941 bits per heavy atom. The third-order valence-electron chi connectivity index (χ3n) is 7.62. The summed E-state index contributed by atoms with van der Waals surface area (Å²) in [5.74, 6) is 0. The summed E-state index contributed by atoms with van der Waals surface area (Å²) in [5.41, 5.74) is 0. The predicted octanol–water partition coefficient (Wildman–Crippen LogP) is 12.4. The zero-order chi connectivity index (χ0) is 25.0. The lowest BCUT2D eigenvalue weighted by Crippen LogP contribution is -2.30. The highest BCUT2D eigenvalue weighted by Crippen LogP contribution is 2.19. The van der Waals surface area contributed by atoms with Crippen LogP contribution in [0.3, 0.4) is 0 Å². The molecule has 0 aromatic rings. The van der Waals surface area contributed by atoms with Crippen molar-refractivity contribution in [3.63, 3.8) is 0 Å². The van der Waals surface area contributed by atoms with Gasteiger partial charge in [-0.05, 0) is 25.6 Å². The molecule has 0 spiro atoms. The topological polar surface area (TPSA) is 9.23 Å². The van der Waals surface area contributed by atoms with Crippen molar-refractivity contribution < 1.29 is 4.43 Å². The molecular formula is C32H68OSi. The lowest BCUT2D eigenvalue weighted by atomic mass is 10.0. The van der Waals surface area contributed by atoms with Crippen LogP contribution in [0, 0.1) is 0 Å². The van der Waals surface area contributed by atoms with Crippen molar-refractivity contribution in [1.29, 1.82) is 0 Å². The molecule has 0 fully saturated rings. The van der Waals surface area contributed by atoms with E-state index in [9.17, 15) is 0 Å². The van der Waals surface area contributed by atoms with Crippen molar-refractivity contribution in [2.45, 2.75) is 200 Å². The fraction of sp³-hybridized carbons (Fsp3) is 1.00. The summed E-state index contributed by atoms with van der Waals surface area (Å²) >= 11 is 0. The van der Waals surface area contributed by atoms with E-state index < -0.39 is 8.32 Å². The summed E-state index contributed by atoms with van der Waals surface area (Å²) in [6.07, 6.45) is 37.4. The van der Waals surface area contributed by atoms with Gasteiger partial charge in [0, 0.05) is 6.61 Å². The van der Waals surface area contributed by atoms with Gasteiger partial charge in [0.25, 0.3) is 0 Å². The summed E-state index contributed by atoms with van der Waals surface area (Å²) in [4.78, 5) is 0. The molecule has 0 aliphatic heterocycles. The van der Waals surface area contributed by atoms with Crippen LogP contribution in [0.1, 0.15) is 181 Å². The van der Waals surface area contributed by atoms with Gasteiger partial charge in [0.1, 0.15) is 0 Å². The van der Waals surface area contributed by atoms with E-state index in [1.165, 1.54) is 173 Å². The largest absolute Gasteiger partial charge is 0.417 e. The van der Waals surface area contributed by atoms with Gasteiger partial charge in [-0.25, -0.2) is 0 Å². The molecule has 0 aliphatic carbocycles. The molecular weight excluding hydrogens is 428 g/mol. The van der Waals surface area contributed by atoms with Crippen molar-refractivity contribution in [2.24, 2.45) is 0 Å². The Labute approximate surface area is 219 Å². The second kappa shape index (κ2) is 27.8. The van der Waals surface area contributed by atoms with Crippen LogP contribution in [0.5, 0.6) is 0 Å². The first-order valence-electron chi connectivity index (χ1n) is 16.3. The van der Waals surface area contributed by atoms with E-state index in [0.29, 0.717) is 0 Å². The van der Waals surface area contributed by atoms with Crippen LogP contribution < -0.4 is 0 Å². The summed E-state index contributed by atoms with van der Waals surface area (Å²) < 4.78 is 6.37. The predicted molar refractivity (Wildman–Crippen MR) is 160 cm³/mol. The fourth-order valence-corrected chi connectivity index (χ4v) is 7.05. The summed E-state index contributed by atoms with van der Waals surface area (Å²) in [7, 11) is -1.40. The van der Waals surface area contributed by atoms with E-state index in [4.69, 9.17) is 4.43 Å². The molecule has 0 unspecified atom stereocenters. The van der Waals surface area contributed by atoms with Gasteiger partial charge in [-0.15, -0.1) is 0 Å². The standard InChI is InChI=1S/C32H68OSi/c1-5-7-9-11-13-15-17-18-19-20-21-22-23-25-27-29-31-33-34(3,4)32-30-28-26-24-16-14-12-10-8-6-2/h5-32H2,1-4H3. The minimum Gasteiger partial charge on any atom is -0.417 e. The Morgan fingerprint density at radius 1 is 0.353 bits per heavy atom. The van der Waals surface area contributed by atoms with Crippen LogP contribution in [0.25, 0.3) is 0 Å². The van der Waals surface area contributed by atoms with Crippen molar-refractivity contribution in [1.82, 2.24) is 0 Å². The first kappa shape index (κ1) is 34.2. The van der Waals surface area contributed by atoms with Crippen molar-refractivity contribution >= 4 is 8.32 Å². The minimum atomic E-state index is -1.40. The smallest absolute Gasteiger partial charge is 0.186 e. The van der Waals surface area contributed by atoms with Crippen LogP contribution in [-0.4, -0.2) is 14.9 Å².